The van der Waals surface area contributed by atoms with Crippen LogP contribution in [0.4, 0.5) is 5.95 Å². The molecule has 6 nitrogen and oxygen atoms in total. The Balaban J connectivity index is 2.00. The van der Waals surface area contributed by atoms with Crippen LogP contribution < -0.4 is 15.2 Å². The summed E-state index contributed by atoms with van der Waals surface area (Å²) in [6.45, 7) is 1.87. The average molecular weight is 336 g/mol. The number of nitrogens with two attached hydrogens (primary N) is 1. The molecule has 0 bridgehead atoms. The average Bonchev–Trinajstić information content (AvgIpc) is 2.96. The molecule has 0 spiro atoms. The van der Waals surface area contributed by atoms with Crippen molar-refractivity contribution in [1.29, 1.82) is 0 Å². The fourth-order valence-electron chi connectivity index (χ4n) is 2.60. The predicted molar refractivity (Wildman–Crippen MR) is 99.4 cm³/mol. The molecule has 2 N–H and O–H groups in total. The molecule has 0 atom stereocenters. The van der Waals surface area contributed by atoms with Crippen LogP contribution in [0, 0.1) is 6.92 Å². The summed E-state index contributed by atoms with van der Waals surface area (Å²) in [7, 11) is 3.24. The van der Waals surface area contributed by atoms with Gasteiger partial charge in [0.2, 0.25) is 5.95 Å². The maximum absolute atomic E-state index is 5.83. The Bertz CT molecular complexity index is 916. The van der Waals surface area contributed by atoms with Crippen molar-refractivity contribution < 1.29 is 9.47 Å². The molecule has 0 unspecified atom stereocenters. The first-order valence-corrected chi connectivity index (χ1v) is 7.79. The molecule has 128 valence electrons. The number of anilines is 1. The number of nitrogen functional groups attached to an aromatic ring is 1. The molecule has 3 rings (SSSR count). The lowest BCUT2D eigenvalue weighted by atomic mass is 10.00. The lowest BCUT2D eigenvalue weighted by Crippen LogP contribution is -1.98. The van der Waals surface area contributed by atoms with Gasteiger partial charge in [0.05, 0.1) is 32.3 Å². The van der Waals surface area contributed by atoms with E-state index in [4.69, 9.17) is 15.2 Å². The smallest absolute Gasteiger partial charge is 0.221 e. The normalized spacial score (nSPS) is 11.0. The van der Waals surface area contributed by atoms with Gasteiger partial charge in [0.15, 0.2) is 11.5 Å². The fraction of sp³-hybridized carbons (Fsp3) is 0.158. The number of methoxy groups -OCH3 is 2. The largest absolute Gasteiger partial charge is 0.493 e. The summed E-state index contributed by atoms with van der Waals surface area (Å²) in [5.41, 5.74) is 9.65. The standard InChI is InChI=1S/C19H20N4O2/c1-13-12-23(19(20)22-13)21-11-15-6-4-5-7-16(15)14-8-9-17(24-2)18(10-14)25-3/h4-12H,1-3H3,(H2,20,22). The Morgan fingerprint density at radius 2 is 1.84 bits per heavy atom. The van der Waals surface area contributed by atoms with Crippen LogP contribution in [-0.2, 0) is 0 Å². The molecule has 0 aliphatic heterocycles. The van der Waals surface area contributed by atoms with Crippen LogP contribution >= 0.6 is 0 Å². The van der Waals surface area contributed by atoms with Crippen molar-refractivity contribution in [1.82, 2.24) is 9.66 Å². The number of rotatable bonds is 5. The van der Waals surface area contributed by atoms with Gasteiger partial charge in [-0.05, 0) is 30.2 Å². The Hall–Kier alpha value is -3.28. The highest BCUT2D eigenvalue weighted by Crippen LogP contribution is 2.33. The Morgan fingerprint density at radius 3 is 2.52 bits per heavy atom. The number of aryl methyl sites for hydroxylation is 1. The van der Waals surface area contributed by atoms with Crippen molar-refractivity contribution in [3.05, 3.63) is 59.9 Å². The minimum atomic E-state index is 0.359. The summed E-state index contributed by atoms with van der Waals surface area (Å²) >= 11 is 0. The molecule has 2 aromatic carbocycles. The van der Waals surface area contributed by atoms with E-state index in [9.17, 15) is 0 Å². The molecule has 0 saturated heterocycles. The monoisotopic (exact) mass is 336 g/mol. The van der Waals surface area contributed by atoms with Crippen molar-refractivity contribution in [3.8, 4) is 22.6 Å². The maximum Gasteiger partial charge on any atom is 0.221 e. The molecular formula is C19H20N4O2. The van der Waals surface area contributed by atoms with Crippen molar-refractivity contribution in [2.75, 3.05) is 20.0 Å². The first-order valence-electron chi connectivity index (χ1n) is 7.79. The van der Waals surface area contributed by atoms with E-state index in [0.29, 0.717) is 17.4 Å². The first kappa shape index (κ1) is 16.6. The van der Waals surface area contributed by atoms with Gasteiger partial charge in [0, 0.05) is 5.56 Å². The zero-order valence-electron chi connectivity index (χ0n) is 14.4. The van der Waals surface area contributed by atoms with E-state index in [2.05, 4.69) is 10.1 Å². The van der Waals surface area contributed by atoms with E-state index in [0.717, 1.165) is 22.4 Å². The van der Waals surface area contributed by atoms with Crippen LogP contribution in [0.15, 0.2) is 53.8 Å². The quantitative estimate of drug-likeness (QED) is 0.725. The molecule has 0 aliphatic rings. The third-order valence-corrected chi connectivity index (χ3v) is 3.81. The molecule has 25 heavy (non-hydrogen) atoms. The number of nitrogens with zero attached hydrogens (tertiary/aromatic N) is 3. The van der Waals surface area contributed by atoms with E-state index in [1.54, 1.807) is 31.3 Å². The number of ether oxygens (including phenoxy) is 2. The number of imidazole rings is 1. The zero-order chi connectivity index (χ0) is 17.8. The van der Waals surface area contributed by atoms with Crippen LogP contribution in [0.1, 0.15) is 11.3 Å². The summed E-state index contributed by atoms with van der Waals surface area (Å²) in [4.78, 5) is 4.14. The minimum absolute atomic E-state index is 0.359. The molecule has 0 fully saturated rings. The van der Waals surface area contributed by atoms with Crippen LogP contribution in [-0.4, -0.2) is 30.1 Å². The Kier molecular flexibility index (Phi) is 4.70. The van der Waals surface area contributed by atoms with Gasteiger partial charge in [-0.2, -0.15) is 5.10 Å². The molecule has 1 heterocycles. The van der Waals surface area contributed by atoms with Crippen LogP contribution in [0.5, 0.6) is 11.5 Å². The van der Waals surface area contributed by atoms with Gasteiger partial charge in [-0.1, -0.05) is 30.3 Å². The summed E-state index contributed by atoms with van der Waals surface area (Å²) in [6, 6.07) is 13.8. The summed E-state index contributed by atoms with van der Waals surface area (Å²) < 4.78 is 12.3. The summed E-state index contributed by atoms with van der Waals surface area (Å²) in [5.74, 6) is 1.73. The molecule has 0 radical (unpaired) electrons. The van der Waals surface area contributed by atoms with Crippen molar-refractivity contribution >= 4 is 12.2 Å². The summed E-state index contributed by atoms with van der Waals surface area (Å²) in [5, 5.41) is 4.41. The molecule has 0 saturated carbocycles. The molecule has 1 aromatic heterocycles. The van der Waals surface area contributed by atoms with Crippen molar-refractivity contribution in [2.45, 2.75) is 6.92 Å². The lowest BCUT2D eigenvalue weighted by Gasteiger charge is -2.11. The second kappa shape index (κ2) is 7.09. The Morgan fingerprint density at radius 1 is 1.08 bits per heavy atom. The third kappa shape index (κ3) is 3.47. The SMILES string of the molecule is COc1ccc(-c2ccccc2C=Nn2cc(C)nc2N)cc1OC. The number of aromatic nitrogens is 2. The maximum atomic E-state index is 5.83. The van der Waals surface area contributed by atoms with E-state index in [1.807, 2.05) is 49.4 Å². The van der Waals surface area contributed by atoms with E-state index >= 15 is 0 Å². The zero-order valence-corrected chi connectivity index (χ0v) is 14.4. The van der Waals surface area contributed by atoms with Gasteiger partial charge < -0.3 is 15.2 Å². The van der Waals surface area contributed by atoms with E-state index < -0.39 is 0 Å². The van der Waals surface area contributed by atoms with Crippen LogP contribution in [0.3, 0.4) is 0 Å². The molecular weight excluding hydrogens is 316 g/mol. The molecule has 0 aliphatic carbocycles. The van der Waals surface area contributed by atoms with Crippen molar-refractivity contribution in [2.24, 2.45) is 5.10 Å². The van der Waals surface area contributed by atoms with Gasteiger partial charge in [-0.3, -0.25) is 0 Å². The summed E-state index contributed by atoms with van der Waals surface area (Å²) in [6.07, 6.45) is 3.55. The van der Waals surface area contributed by atoms with Gasteiger partial charge in [0.1, 0.15) is 0 Å². The van der Waals surface area contributed by atoms with Gasteiger partial charge >= 0.3 is 0 Å². The molecule has 6 heteroatoms. The first-order chi connectivity index (χ1) is 12.1. The second-order valence-corrected chi connectivity index (χ2v) is 5.49. The van der Waals surface area contributed by atoms with Crippen LogP contribution in [0.2, 0.25) is 0 Å². The van der Waals surface area contributed by atoms with Crippen LogP contribution in [0.25, 0.3) is 11.1 Å². The number of hydrogen-bond donors (Lipinski definition) is 1. The second-order valence-electron chi connectivity index (χ2n) is 5.49. The Labute approximate surface area is 146 Å². The van der Waals surface area contributed by atoms with Gasteiger partial charge in [0.25, 0.3) is 0 Å². The lowest BCUT2D eigenvalue weighted by molar-refractivity contribution is 0.355. The highest BCUT2D eigenvalue weighted by molar-refractivity contribution is 5.90. The molecule has 3 aromatic rings. The van der Waals surface area contributed by atoms with E-state index in [1.165, 1.54) is 0 Å². The topological polar surface area (TPSA) is 74.7 Å². The highest BCUT2D eigenvalue weighted by Gasteiger charge is 2.09. The van der Waals surface area contributed by atoms with Gasteiger partial charge in [-0.25, -0.2) is 9.66 Å². The van der Waals surface area contributed by atoms with Crippen molar-refractivity contribution in [3.63, 3.8) is 0 Å². The highest BCUT2D eigenvalue weighted by atomic mass is 16.5. The molecule has 0 amide bonds. The predicted octanol–water partition coefficient (Wildman–Crippen LogP) is 3.34. The fourth-order valence-corrected chi connectivity index (χ4v) is 2.60. The minimum Gasteiger partial charge on any atom is -0.493 e. The third-order valence-electron chi connectivity index (χ3n) is 3.81. The van der Waals surface area contributed by atoms with Gasteiger partial charge in [-0.15, -0.1) is 0 Å². The van der Waals surface area contributed by atoms with E-state index in [-0.39, 0.29) is 0 Å². The number of hydrogen-bond acceptors (Lipinski definition) is 5. The number of benzene rings is 2.